The summed E-state index contributed by atoms with van der Waals surface area (Å²) in [5.74, 6) is -0.393. The smallest absolute Gasteiger partial charge is 0.127 e. The lowest BCUT2D eigenvalue weighted by Crippen LogP contribution is -1.93. The van der Waals surface area contributed by atoms with E-state index in [4.69, 9.17) is 11.0 Å². The Balaban J connectivity index is 3.35. The molecule has 2 nitrogen and oxygen atoms in total. The van der Waals surface area contributed by atoms with Gasteiger partial charge in [-0.3, -0.25) is 0 Å². The minimum atomic E-state index is -0.393. The Labute approximate surface area is 64.1 Å². The average molecular weight is 150 g/mol. The molecule has 0 amide bonds. The second-order valence-electron chi connectivity index (χ2n) is 2.30. The third-order valence-corrected chi connectivity index (χ3v) is 1.45. The largest absolute Gasteiger partial charge is 0.398 e. The van der Waals surface area contributed by atoms with Crippen molar-refractivity contribution in [3.8, 4) is 6.07 Å². The van der Waals surface area contributed by atoms with Gasteiger partial charge in [-0.25, -0.2) is 4.39 Å². The van der Waals surface area contributed by atoms with E-state index in [-0.39, 0.29) is 5.56 Å². The summed E-state index contributed by atoms with van der Waals surface area (Å²) in [5.41, 5.74) is 6.38. The van der Waals surface area contributed by atoms with Crippen LogP contribution in [0.3, 0.4) is 0 Å². The maximum Gasteiger partial charge on any atom is 0.127 e. The van der Waals surface area contributed by atoms with E-state index in [1.54, 1.807) is 13.0 Å². The summed E-state index contributed by atoms with van der Waals surface area (Å²) in [6.45, 7) is 1.60. The Kier molecular flexibility index (Phi) is 1.77. The average Bonchev–Trinajstić information content (AvgIpc) is 1.97. The van der Waals surface area contributed by atoms with Crippen LogP contribution in [0.5, 0.6) is 0 Å². The maximum atomic E-state index is 12.7. The predicted molar refractivity (Wildman–Crippen MR) is 40.3 cm³/mol. The lowest BCUT2D eigenvalue weighted by Gasteiger charge is -1.99. The highest BCUT2D eigenvalue weighted by atomic mass is 19.1. The van der Waals surface area contributed by atoms with Crippen LogP contribution >= 0.6 is 0 Å². The number of aryl methyl sites for hydroxylation is 1. The molecule has 0 fully saturated rings. The fraction of sp³-hybridized carbons (Fsp3) is 0.125. The predicted octanol–water partition coefficient (Wildman–Crippen LogP) is 1.59. The monoisotopic (exact) mass is 150 g/mol. The lowest BCUT2D eigenvalue weighted by atomic mass is 10.1. The van der Waals surface area contributed by atoms with Crippen molar-refractivity contribution in [3.63, 3.8) is 0 Å². The first-order valence-corrected chi connectivity index (χ1v) is 3.11. The molecule has 0 atom stereocenters. The van der Waals surface area contributed by atoms with Gasteiger partial charge >= 0.3 is 0 Å². The summed E-state index contributed by atoms with van der Waals surface area (Å²) < 4.78 is 12.7. The Morgan fingerprint density at radius 2 is 2.18 bits per heavy atom. The number of nitrogens with two attached hydrogens (primary N) is 1. The molecule has 0 saturated carbocycles. The van der Waals surface area contributed by atoms with E-state index in [2.05, 4.69) is 0 Å². The molecule has 1 rings (SSSR count). The number of hydrogen-bond donors (Lipinski definition) is 1. The zero-order valence-corrected chi connectivity index (χ0v) is 6.06. The van der Waals surface area contributed by atoms with Crippen molar-refractivity contribution in [3.05, 3.63) is 29.1 Å². The standard InChI is InChI=1S/C8H7FN2/c1-5-2-8(11)6(4-10)3-7(5)9/h2-3H,11H2,1H3. The van der Waals surface area contributed by atoms with Crippen LogP contribution < -0.4 is 5.73 Å². The number of nitrogens with zero attached hydrogens (tertiary/aromatic N) is 1. The Morgan fingerprint density at radius 3 is 2.73 bits per heavy atom. The number of rotatable bonds is 0. The fourth-order valence-electron chi connectivity index (χ4n) is 0.801. The molecule has 0 bridgehead atoms. The molecule has 0 aromatic heterocycles. The number of halogens is 1. The molecule has 3 heteroatoms. The van der Waals surface area contributed by atoms with Gasteiger partial charge in [-0.15, -0.1) is 0 Å². The zero-order chi connectivity index (χ0) is 8.43. The molecule has 56 valence electrons. The van der Waals surface area contributed by atoms with Crippen molar-refractivity contribution >= 4 is 5.69 Å². The SMILES string of the molecule is Cc1cc(N)c(C#N)cc1F. The summed E-state index contributed by atoms with van der Waals surface area (Å²) in [4.78, 5) is 0. The van der Waals surface area contributed by atoms with E-state index in [9.17, 15) is 4.39 Å². The molecular formula is C8H7FN2. The number of nitrogen functional groups attached to an aromatic ring is 1. The summed E-state index contributed by atoms with van der Waals surface area (Å²) in [6.07, 6.45) is 0. The Hall–Kier alpha value is -1.56. The third-order valence-electron chi connectivity index (χ3n) is 1.45. The van der Waals surface area contributed by atoms with Crippen LogP contribution in [-0.2, 0) is 0 Å². The highest BCUT2D eigenvalue weighted by Gasteiger charge is 2.02. The second-order valence-corrected chi connectivity index (χ2v) is 2.30. The van der Waals surface area contributed by atoms with Crippen LogP contribution in [0, 0.1) is 24.1 Å². The van der Waals surface area contributed by atoms with Crippen molar-refractivity contribution in [2.24, 2.45) is 0 Å². The first kappa shape index (κ1) is 7.55. The highest BCUT2D eigenvalue weighted by molar-refractivity contribution is 5.55. The first-order valence-electron chi connectivity index (χ1n) is 3.11. The molecule has 1 aromatic carbocycles. The van der Waals surface area contributed by atoms with Gasteiger partial charge in [0.2, 0.25) is 0 Å². The van der Waals surface area contributed by atoms with Gasteiger partial charge in [0.05, 0.1) is 5.56 Å². The van der Waals surface area contributed by atoms with Gasteiger partial charge in [0.1, 0.15) is 11.9 Å². The molecular weight excluding hydrogens is 143 g/mol. The normalized spacial score (nSPS) is 9.18. The minimum Gasteiger partial charge on any atom is -0.398 e. The number of nitriles is 1. The second kappa shape index (κ2) is 2.59. The van der Waals surface area contributed by atoms with Gasteiger partial charge in [0.15, 0.2) is 0 Å². The topological polar surface area (TPSA) is 49.8 Å². The number of anilines is 1. The van der Waals surface area contributed by atoms with Crippen molar-refractivity contribution in [2.75, 3.05) is 5.73 Å². The molecule has 1 aromatic rings. The van der Waals surface area contributed by atoms with Crippen LogP contribution in [0.25, 0.3) is 0 Å². The van der Waals surface area contributed by atoms with E-state index in [1.807, 2.05) is 0 Å². The van der Waals surface area contributed by atoms with Crippen LogP contribution in [0.2, 0.25) is 0 Å². The molecule has 0 heterocycles. The van der Waals surface area contributed by atoms with Gasteiger partial charge in [-0.05, 0) is 24.6 Å². The van der Waals surface area contributed by atoms with Crippen molar-refractivity contribution < 1.29 is 4.39 Å². The molecule has 0 aliphatic carbocycles. The molecule has 2 N–H and O–H groups in total. The van der Waals surface area contributed by atoms with Crippen molar-refractivity contribution in [1.82, 2.24) is 0 Å². The first-order chi connectivity index (χ1) is 5.15. The molecule has 0 saturated heterocycles. The van der Waals surface area contributed by atoms with Gasteiger partial charge in [0, 0.05) is 5.69 Å². The maximum absolute atomic E-state index is 12.7. The summed E-state index contributed by atoms with van der Waals surface area (Å²) in [6, 6.07) is 4.39. The number of hydrogen-bond acceptors (Lipinski definition) is 2. The van der Waals surface area contributed by atoms with E-state index < -0.39 is 5.82 Å². The fourth-order valence-corrected chi connectivity index (χ4v) is 0.801. The van der Waals surface area contributed by atoms with Gasteiger partial charge in [-0.2, -0.15) is 5.26 Å². The number of benzene rings is 1. The molecule has 0 aliphatic heterocycles. The molecule has 11 heavy (non-hydrogen) atoms. The summed E-state index contributed by atoms with van der Waals surface area (Å²) in [7, 11) is 0. The highest BCUT2D eigenvalue weighted by Crippen LogP contribution is 2.15. The van der Waals surface area contributed by atoms with E-state index in [0.717, 1.165) is 6.07 Å². The lowest BCUT2D eigenvalue weighted by molar-refractivity contribution is 0.618. The van der Waals surface area contributed by atoms with Gasteiger partial charge in [-0.1, -0.05) is 0 Å². The van der Waals surface area contributed by atoms with Crippen molar-refractivity contribution in [1.29, 1.82) is 5.26 Å². The zero-order valence-electron chi connectivity index (χ0n) is 6.06. The van der Waals surface area contributed by atoms with Crippen LogP contribution in [-0.4, -0.2) is 0 Å². The van der Waals surface area contributed by atoms with Crippen LogP contribution in [0.1, 0.15) is 11.1 Å². The third kappa shape index (κ3) is 1.30. The van der Waals surface area contributed by atoms with Crippen LogP contribution in [0.15, 0.2) is 12.1 Å². The van der Waals surface area contributed by atoms with Crippen molar-refractivity contribution in [2.45, 2.75) is 6.92 Å². The van der Waals surface area contributed by atoms with Crippen LogP contribution in [0.4, 0.5) is 10.1 Å². The molecule has 0 aliphatic rings. The van der Waals surface area contributed by atoms with E-state index in [0.29, 0.717) is 11.3 Å². The Bertz CT molecular complexity index is 326. The van der Waals surface area contributed by atoms with Gasteiger partial charge in [0.25, 0.3) is 0 Å². The van der Waals surface area contributed by atoms with E-state index in [1.165, 1.54) is 6.07 Å². The van der Waals surface area contributed by atoms with E-state index >= 15 is 0 Å². The quantitative estimate of drug-likeness (QED) is 0.571. The van der Waals surface area contributed by atoms with Gasteiger partial charge < -0.3 is 5.73 Å². The molecule has 0 unspecified atom stereocenters. The summed E-state index contributed by atoms with van der Waals surface area (Å²) >= 11 is 0. The molecule has 0 spiro atoms. The minimum absolute atomic E-state index is 0.188. The molecule has 0 radical (unpaired) electrons. The summed E-state index contributed by atoms with van der Waals surface area (Å²) in [5, 5.41) is 8.44. The Morgan fingerprint density at radius 1 is 1.55 bits per heavy atom.